The van der Waals surface area contributed by atoms with Crippen LogP contribution in [0.25, 0.3) is 0 Å². The third kappa shape index (κ3) is 2.69. The molecule has 1 atom stereocenters. The van der Waals surface area contributed by atoms with E-state index in [4.69, 9.17) is 5.84 Å². The number of aromatic nitrogens is 5. The molecule has 2 aromatic heterocycles. The molecule has 0 spiro atoms. The Morgan fingerprint density at radius 2 is 2.00 bits per heavy atom. The van der Waals surface area contributed by atoms with Gasteiger partial charge in [0.05, 0.1) is 6.04 Å². The zero-order valence-corrected chi connectivity index (χ0v) is 10.5. The highest BCUT2D eigenvalue weighted by Gasteiger charge is 2.17. The Bertz CT molecular complexity index is 479. The van der Waals surface area contributed by atoms with Crippen LogP contribution < -0.4 is 11.3 Å². The maximum atomic E-state index is 5.56. The van der Waals surface area contributed by atoms with Crippen molar-refractivity contribution in [3.63, 3.8) is 0 Å². The molecular weight excluding hydrogens is 230 g/mol. The monoisotopic (exact) mass is 247 g/mol. The van der Waals surface area contributed by atoms with Crippen LogP contribution >= 0.6 is 0 Å². The zero-order chi connectivity index (χ0) is 13.0. The maximum absolute atomic E-state index is 5.56. The van der Waals surface area contributed by atoms with Crippen LogP contribution in [-0.4, -0.2) is 24.7 Å². The predicted molar refractivity (Wildman–Crippen MR) is 66.2 cm³/mol. The van der Waals surface area contributed by atoms with Crippen LogP contribution in [0.5, 0.6) is 0 Å². The smallest absolute Gasteiger partial charge is 0.146 e. The Labute approximate surface area is 105 Å². The summed E-state index contributed by atoms with van der Waals surface area (Å²) in [6.07, 6.45) is 5.53. The second-order valence-electron chi connectivity index (χ2n) is 4.24. The molecule has 0 aliphatic rings. The van der Waals surface area contributed by atoms with E-state index < -0.39 is 0 Å². The largest absolute Gasteiger partial charge is 0.271 e. The molecule has 0 aliphatic carbocycles. The van der Waals surface area contributed by atoms with E-state index in [9.17, 15) is 0 Å². The molecule has 0 aromatic carbocycles. The number of nitrogens with zero attached hydrogens (tertiary/aromatic N) is 5. The van der Waals surface area contributed by atoms with Gasteiger partial charge in [0.2, 0.25) is 0 Å². The molecule has 3 N–H and O–H groups in total. The van der Waals surface area contributed by atoms with Gasteiger partial charge >= 0.3 is 0 Å². The highest BCUT2D eigenvalue weighted by Crippen LogP contribution is 2.14. The lowest BCUT2D eigenvalue weighted by molar-refractivity contribution is 0.458. The highest BCUT2D eigenvalue weighted by atomic mass is 15.3. The van der Waals surface area contributed by atoms with Gasteiger partial charge in [0.1, 0.15) is 18.0 Å². The van der Waals surface area contributed by atoms with Gasteiger partial charge in [0.25, 0.3) is 0 Å². The van der Waals surface area contributed by atoms with E-state index in [0.29, 0.717) is 12.2 Å². The molecule has 7 heteroatoms. The summed E-state index contributed by atoms with van der Waals surface area (Å²) in [5.74, 6) is 7.07. The van der Waals surface area contributed by atoms with Gasteiger partial charge in [-0.3, -0.25) is 5.84 Å². The lowest BCUT2D eigenvalue weighted by atomic mass is 10.2. The molecule has 2 rings (SSSR count). The summed E-state index contributed by atoms with van der Waals surface area (Å²) in [4.78, 5) is 12.6. The van der Waals surface area contributed by atoms with E-state index in [2.05, 4.69) is 39.3 Å². The van der Waals surface area contributed by atoms with E-state index in [1.165, 1.54) is 0 Å². The molecule has 96 valence electrons. The molecule has 2 heterocycles. The van der Waals surface area contributed by atoms with Crippen molar-refractivity contribution in [1.29, 1.82) is 0 Å². The van der Waals surface area contributed by atoms with Gasteiger partial charge in [-0.2, -0.15) is 5.10 Å². The fourth-order valence-corrected chi connectivity index (χ4v) is 1.75. The van der Waals surface area contributed by atoms with E-state index in [0.717, 1.165) is 5.82 Å². The fourth-order valence-electron chi connectivity index (χ4n) is 1.75. The van der Waals surface area contributed by atoms with Gasteiger partial charge in [-0.1, -0.05) is 0 Å². The van der Waals surface area contributed by atoms with E-state index in [1.807, 2.05) is 4.68 Å². The van der Waals surface area contributed by atoms with Gasteiger partial charge in [-0.05, 0) is 19.9 Å². The number of hydrogen-bond acceptors (Lipinski definition) is 6. The molecule has 18 heavy (non-hydrogen) atoms. The Hall–Kier alpha value is -1.86. The molecule has 7 nitrogen and oxygen atoms in total. The first kappa shape index (κ1) is 12.6. The first-order valence-corrected chi connectivity index (χ1v) is 5.83. The number of nitrogens with one attached hydrogen (secondary N) is 1. The van der Waals surface area contributed by atoms with Gasteiger partial charge in [0, 0.05) is 24.9 Å². The van der Waals surface area contributed by atoms with Gasteiger partial charge in [-0.15, -0.1) is 0 Å². The maximum Gasteiger partial charge on any atom is 0.146 e. The molecule has 0 saturated carbocycles. The van der Waals surface area contributed by atoms with Gasteiger partial charge < -0.3 is 0 Å². The van der Waals surface area contributed by atoms with Crippen molar-refractivity contribution in [1.82, 2.24) is 30.2 Å². The minimum Gasteiger partial charge on any atom is -0.271 e. The first-order chi connectivity index (χ1) is 8.72. The van der Waals surface area contributed by atoms with E-state index in [-0.39, 0.29) is 12.1 Å². The van der Waals surface area contributed by atoms with Crippen LogP contribution in [0, 0.1) is 0 Å². The normalized spacial score (nSPS) is 12.9. The number of rotatable bonds is 5. The average molecular weight is 247 g/mol. The molecule has 0 saturated heterocycles. The Morgan fingerprint density at radius 1 is 1.28 bits per heavy atom. The molecule has 2 aromatic rings. The summed E-state index contributed by atoms with van der Waals surface area (Å²) in [6.45, 7) is 4.12. The zero-order valence-electron chi connectivity index (χ0n) is 10.5. The molecule has 0 radical (unpaired) electrons. The van der Waals surface area contributed by atoms with E-state index in [1.54, 1.807) is 24.8 Å². The molecule has 0 fully saturated rings. The summed E-state index contributed by atoms with van der Waals surface area (Å²) in [5.41, 5.74) is 2.72. The third-order valence-electron chi connectivity index (χ3n) is 2.62. The minimum atomic E-state index is -0.173. The summed E-state index contributed by atoms with van der Waals surface area (Å²) < 4.78 is 1.87. The van der Waals surface area contributed by atoms with E-state index >= 15 is 0 Å². The molecule has 0 aliphatic heterocycles. The average Bonchev–Trinajstić information content (AvgIpc) is 2.85. The minimum absolute atomic E-state index is 0.173. The van der Waals surface area contributed by atoms with Crippen LogP contribution in [0.2, 0.25) is 0 Å². The lowest BCUT2D eigenvalue weighted by Gasteiger charge is -2.15. The van der Waals surface area contributed by atoms with Crippen molar-refractivity contribution in [2.24, 2.45) is 5.84 Å². The Kier molecular flexibility index (Phi) is 3.96. The quantitative estimate of drug-likeness (QED) is 0.586. The van der Waals surface area contributed by atoms with Crippen LogP contribution in [0.15, 0.2) is 24.8 Å². The van der Waals surface area contributed by atoms with Crippen molar-refractivity contribution in [3.05, 3.63) is 36.4 Å². The third-order valence-corrected chi connectivity index (χ3v) is 2.62. The summed E-state index contributed by atoms with van der Waals surface area (Å²) in [5, 5.41) is 4.19. The number of nitrogens with two attached hydrogens (primary N) is 1. The van der Waals surface area contributed by atoms with Gasteiger partial charge in [-0.25, -0.2) is 25.1 Å². The summed E-state index contributed by atoms with van der Waals surface area (Å²) in [6, 6.07) is 1.86. The lowest BCUT2D eigenvalue weighted by Crippen LogP contribution is -2.32. The van der Waals surface area contributed by atoms with Crippen molar-refractivity contribution < 1.29 is 0 Å². The molecular formula is C11H17N7. The summed E-state index contributed by atoms with van der Waals surface area (Å²) in [7, 11) is 0. The van der Waals surface area contributed by atoms with Crippen molar-refractivity contribution >= 4 is 0 Å². The summed E-state index contributed by atoms with van der Waals surface area (Å²) >= 11 is 0. The second kappa shape index (κ2) is 5.65. The van der Waals surface area contributed by atoms with Gasteiger partial charge in [0.15, 0.2) is 0 Å². The highest BCUT2D eigenvalue weighted by molar-refractivity contribution is 5.01. The molecule has 0 bridgehead atoms. The Balaban J connectivity index is 2.18. The topological polar surface area (TPSA) is 94.5 Å². The number of hydrogen-bond donors (Lipinski definition) is 2. The van der Waals surface area contributed by atoms with Crippen molar-refractivity contribution in [2.75, 3.05) is 0 Å². The molecule has 1 unspecified atom stereocenters. The standard InChI is InChI=1S/C11H17N7/c1-8(2)18-10(15-7-16-18)6-9(17-12)11-13-4-3-5-14-11/h3-5,7-9,17H,6,12H2,1-2H3. The predicted octanol–water partition coefficient (Wildman–Crippen LogP) is 0.396. The van der Waals surface area contributed by atoms with Crippen molar-refractivity contribution in [2.45, 2.75) is 32.4 Å². The number of hydrazine groups is 1. The molecule has 0 amide bonds. The SMILES string of the molecule is CC(C)n1ncnc1CC(NN)c1ncccn1. The van der Waals surface area contributed by atoms with Crippen molar-refractivity contribution in [3.8, 4) is 0 Å². The Morgan fingerprint density at radius 3 is 2.61 bits per heavy atom. The van der Waals surface area contributed by atoms with Crippen LogP contribution in [0.4, 0.5) is 0 Å². The van der Waals surface area contributed by atoms with Crippen LogP contribution in [0.3, 0.4) is 0 Å². The first-order valence-electron chi connectivity index (χ1n) is 5.83. The second-order valence-corrected chi connectivity index (χ2v) is 4.24. The fraction of sp³-hybridized carbons (Fsp3) is 0.455. The van der Waals surface area contributed by atoms with Crippen LogP contribution in [0.1, 0.15) is 37.6 Å². The van der Waals surface area contributed by atoms with Crippen LogP contribution in [-0.2, 0) is 6.42 Å².